The second kappa shape index (κ2) is 7.82. The molecular formula is C15H23NOS. The lowest BCUT2D eigenvalue weighted by Gasteiger charge is -2.28. The van der Waals surface area contributed by atoms with Gasteiger partial charge in [0.2, 0.25) is 0 Å². The summed E-state index contributed by atoms with van der Waals surface area (Å²) in [4.78, 5) is 1.33. The van der Waals surface area contributed by atoms with Crippen molar-refractivity contribution in [2.75, 3.05) is 19.4 Å². The van der Waals surface area contributed by atoms with Crippen LogP contribution in [0.1, 0.15) is 25.7 Å². The highest BCUT2D eigenvalue weighted by atomic mass is 32.2. The highest BCUT2D eigenvalue weighted by Gasteiger charge is 2.19. The zero-order valence-corrected chi connectivity index (χ0v) is 11.9. The Kier molecular flexibility index (Phi) is 6.05. The lowest BCUT2D eigenvalue weighted by Crippen LogP contribution is -2.33. The van der Waals surface area contributed by atoms with Gasteiger partial charge in [0.05, 0.1) is 12.7 Å². The first-order chi connectivity index (χ1) is 8.88. The average Bonchev–Trinajstić information content (AvgIpc) is 2.45. The van der Waals surface area contributed by atoms with Gasteiger partial charge in [-0.2, -0.15) is 0 Å². The van der Waals surface area contributed by atoms with Crippen LogP contribution in [0.25, 0.3) is 0 Å². The van der Waals surface area contributed by atoms with Crippen molar-refractivity contribution >= 4 is 11.8 Å². The molecule has 1 saturated carbocycles. The third kappa shape index (κ3) is 4.63. The molecule has 0 spiro atoms. The van der Waals surface area contributed by atoms with Crippen LogP contribution in [0.4, 0.5) is 0 Å². The van der Waals surface area contributed by atoms with Crippen LogP contribution in [0.5, 0.6) is 0 Å². The van der Waals surface area contributed by atoms with Gasteiger partial charge in [-0.15, -0.1) is 11.8 Å². The van der Waals surface area contributed by atoms with E-state index in [9.17, 15) is 0 Å². The quantitative estimate of drug-likeness (QED) is 0.630. The van der Waals surface area contributed by atoms with Crippen LogP contribution < -0.4 is 5.32 Å². The largest absolute Gasteiger partial charge is 0.377 e. The topological polar surface area (TPSA) is 21.3 Å². The molecular weight excluding hydrogens is 242 g/mol. The predicted molar refractivity (Wildman–Crippen MR) is 78.2 cm³/mol. The molecule has 0 aliphatic heterocycles. The van der Waals surface area contributed by atoms with Crippen molar-refractivity contribution in [3.8, 4) is 0 Å². The van der Waals surface area contributed by atoms with Crippen molar-refractivity contribution in [1.29, 1.82) is 0 Å². The number of ether oxygens (including phenoxy) is 1. The Morgan fingerprint density at radius 3 is 2.56 bits per heavy atom. The molecule has 0 aromatic heterocycles. The van der Waals surface area contributed by atoms with E-state index in [1.165, 1.54) is 30.6 Å². The van der Waals surface area contributed by atoms with Crippen molar-refractivity contribution in [3.63, 3.8) is 0 Å². The highest BCUT2D eigenvalue weighted by molar-refractivity contribution is 7.99. The van der Waals surface area contributed by atoms with Gasteiger partial charge in [-0.25, -0.2) is 0 Å². The third-order valence-electron chi connectivity index (χ3n) is 3.53. The molecule has 1 aliphatic rings. The molecule has 0 atom stereocenters. The maximum absolute atomic E-state index is 5.95. The van der Waals surface area contributed by atoms with Crippen LogP contribution in [0.3, 0.4) is 0 Å². The summed E-state index contributed by atoms with van der Waals surface area (Å²) in [5.74, 6) is 1.05. The molecule has 0 radical (unpaired) electrons. The Balaban J connectivity index is 1.56. The zero-order valence-electron chi connectivity index (χ0n) is 11.1. The van der Waals surface area contributed by atoms with Crippen molar-refractivity contribution in [3.05, 3.63) is 30.3 Å². The molecule has 100 valence electrons. The predicted octanol–water partition coefficient (Wildman–Crippen LogP) is 3.33. The second-order valence-electron chi connectivity index (χ2n) is 4.79. The van der Waals surface area contributed by atoms with Gasteiger partial charge in [0, 0.05) is 16.7 Å². The summed E-state index contributed by atoms with van der Waals surface area (Å²) < 4.78 is 5.95. The molecule has 18 heavy (non-hydrogen) atoms. The van der Waals surface area contributed by atoms with Crippen molar-refractivity contribution in [2.45, 2.75) is 42.7 Å². The number of nitrogens with one attached hydrogen (secondary N) is 1. The summed E-state index contributed by atoms with van der Waals surface area (Å²) in [7, 11) is 2.06. The monoisotopic (exact) mass is 265 g/mol. The van der Waals surface area contributed by atoms with E-state index in [4.69, 9.17) is 4.74 Å². The van der Waals surface area contributed by atoms with Gasteiger partial charge in [-0.1, -0.05) is 18.2 Å². The first-order valence-electron chi connectivity index (χ1n) is 6.85. The van der Waals surface area contributed by atoms with Gasteiger partial charge >= 0.3 is 0 Å². The minimum Gasteiger partial charge on any atom is -0.377 e. The van der Waals surface area contributed by atoms with E-state index in [0.29, 0.717) is 12.1 Å². The molecule has 1 N–H and O–H groups in total. The van der Waals surface area contributed by atoms with Crippen LogP contribution >= 0.6 is 11.8 Å². The Morgan fingerprint density at radius 2 is 1.89 bits per heavy atom. The fraction of sp³-hybridized carbons (Fsp3) is 0.600. The van der Waals surface area contributed by atoms with Crippen molar-refractivity contribution in [1.82, 2.24) is 5.32 Å². The minimum atomic E-state index is 0.492. The summed E-state index contributed by atoms with van der Waals surface area (Å²) in [6, 6.07) is 11.3. The number of rotatable bonds is 6. The van der Waals surface area contributed by atoms with E-state index in [0.717, 1.165) is 12.4 Å². The Bertz CT molecular complexity index is 323. The van der Waals surface area contributed by atoms with Gasteiger partial charge < -0.3 is 10.1 Å². The van der Waals surface area contributed by atoms with Gasteiger partial charge in [0.15, 0.2) is 0 Å². The van der Waals surface area contributed by atoms with Crippen LogP contribution in [-0.4, -0.2) is 31.6 Å². The number of thioether (sulfide) groups is 1. The minimum absolute atomic E-state index is 0.492. The highest BCUT2D eigenvalue weighted by Crippen LogP contribution is 2.22. The number of hydrogen-bond acceptors (Lipinski definition) is 3. The lowest BCUT2D eigenvalue weighted by molar-refractivity contribution is 0.0326. The summed E-state index contributed by atoms with van der Waals surface area (Å²) in [6.07, 6.45) is 5.43. The number of hydrogen-bond donors (Lipinski definition) is 1. The summed E-state index contributed by atoms with van der Waals surface area (Å²) >= 11 is 1.88. The summed E-state index contributed by atoms with van der Waals surface area (Å²) in [6.45, 7) is 0.869. The summed E-state index contributed by atoms with van der Waals surface area (Å²) in [5.41, 5.74) is 0. The molecule has 1 aliphatic carbocycles. The van der Waals surface area contributed by atoms with Crippen LogP contribution in [0.2, 0.25) is 0 Å². The molecule has 1 aromatic rings. The Labute approximate surface area is 114 Å². The molecule has 0 bridgehead atoms. The molecule has 2 nitrogen and oxygen atoms in total. The van der Waals surface area contributed by atoms with E-state index in [-0.39, 0.29) is 0 Å². The van der Waals surface area contributed by atoms with Gasteiger partial charge in [0.1, 0.15) is 0 Å². The summed E-state index contributed by atoms with van der Waals surface area (Å²) in [5, 5.41) is 3.35. The molecule has 0 amide bonds. The molecule has 2 rings (SSSR count). The Hall–Kier alpha value is -0.510. The van der Waals surface area contributed by atoms with Crippen LogP contribution in [0.15, 0.2) is 35.2 Å². The lowest BCUT2D eigenvalue weighted by atomic mass is 9.93. The fourth-order valence-corrected chi connectivity index (χ4v) is 3.17. The molecule has 0 heterocycles. The van der Waals surface area contributed by atoms with E-state index in [1.807, 2.05) is 11.8 Å². The maximum atomic E-state index is 5.95. The van der Waals surface area contributed by atoms with E-state index in [2.05, 4.69) is 42.7 Å². The van der Waals surface area contributed by atoms with Gasteiger partial charge in [0.25, 0.3) is 0 Å². The first-order valence-corrected chi connectivity index (χ1v) is 7.84. The normalized spacial score (nSPS) is 24.1. The molecule has 1 aromatic carbocycles. The fourth-order valence-electron chi connectivity index (χ4n) is 2.41. The number of benzene rings is 1. The van der Waals surface area contributed by atoms with E-state index < -0.39 is 0 Å². The van der Waals surface area contributed by atoms with Gasteiger partial charge in [-0.05, 0) is 44.9 Å². The van der Waals surface area contributed by atoms with Crippen LogP contribution in [-0.2, 0) is 4.74 Å². The van der Waals surface area contributed by atoms with Crippen molar-refractivity contribution in [2.24, 2.45) is 0 Å². The molecule has 3 heteroatoms. The maximum Gasteiger partial charge on any atom is 0.0576 e. The Morgan fingerprint density at radius 1 is 1.17 bits per heavy atom. The second-order valence-corrected chi connectivity index (χ2v) is 5.96. The van der Waals surface area contributed by atoms with Crippen molar-refractivity contribution < 1.29 is 4.74 Å². The standard InChI is InChI=1S/C15H23NOS/c1-16-13-7-9-14(10-8-13)17-11-12-18-15-5-3-2-4-6-15/h2-6,13-14,16H,7-12H2,1H3. The molecule has 0 unspecified atom stereocenters. The molecule has 1 fully saturated rings. The van der Waals surface area contributed by atoms with Gasteiger partial charge in [-0.3, -0.25) is 0 Å². The third-order valence-corrected chi connectivity index (χ3v) is 4.51. The van der Waals surface area contributed by atoms with Crippen LogP contribution in [0, 0.1) is 0 Å². The first kappa shape index (κ1) is 13.9. The molecule has 0 saturated heterocycles. The average molecular weight is 265 g/mol. The van der Waals surface area contributed by atoms with E-state index >= 15 is 0 Å². The van der Waals surface area contributed by atoms with E-state index in [1.54, 1.807) is 0 Å². The smallest absolute Gasteiger partial charge is 0.0576 e. The zero-order chi connectivity index (χ0) is 12.6. The SMILES string of the molecule is CNC1CCC(OCCSc2ccccc2)CC1.